The molecule has 0 radical (unpaired) electrons. The first-order valence-corrected chi connectivity index (χ1v) is 5.95. The molecular weight excluding hydrogens is 204 g/mol. The number of piperazine rings is 1. The van der Waals surface area contributed by atoms with E-state index in [1.165, 1.54) is 0 Å². The van der Waals surface area contributed by atoms with Crippen molar-refractivity contribution < 1.29 is 9.59 Å². The molecule has 4 heteroatoms. The summed E-state index contributed by atoms with van der Waals surface area (Å²) in [5.41, 5.74) is -0.724. The molecule has 0 spiro atoms. The molecule has 1 aliphatic heterocycles. The lowest BCUT2D eigenvalue weighted by Crippen LogP contribution is -2.68. The lowest BCUT2D eigenvalue weighted by Gasteiger charge is -2.43. The van der Waals surface area contributed by atoms with Crippen LogP contribution in [-0.2, 0) is 9.59 Å². The third-order valence-corrected chi connectivity index (χ3v) is 3.25. The fraction of sp³-hybridized carbons (Fsp3) is 0.833. The first-order chi connectivity index (χ1) is 7.31. The molecule has 1 N–H and O–H groups in total. The van der Waals surface area contributed by atoms with E-state index in [1.807, 2.05) is 6.92 Å². The van der Waals surface area contributed by atoms with Crippen LogP contribution in [0.1, 0.15) is 41.0 Å². The average Bonchev–Trinajstić information content (AvgIpc) is 2.21. The summed E-state index contributed by atoms with van der Waals surface area (Å²) >= 11 is 0. The van der Waals surface area contributed by atoms with Gasteiger partial charge < -0.3 is 10.2 Å². The largest absolute Gasteiger partial charge is 0.340 e. The van der Waals surface area contributed by atoms with Crippen LogP contribution in [0.5, 0.6) is 0 Å². The van der Waals surface area contributed by atoms with Crippen LogP contribution in [0, 0.1) is 5.92 Å². The van der Waals surface area contributed by atoms with Crippen molar-refractivity contribution in [1.82, 2.24) is 10.2 Å². The van der Waals surface area contributed by atoms with Crippen molar-refractivity contribution in [2.45, 2.75) is 52.6 Å². The molecule has 1 rings (SSSR count). The molecule has 2 atom stereocenters. The zero-order valence-corrected chi connectivity index (χ0v) is 10.8. The van der Waals surface area contributed by atoms with E-state index in [-0.39, 0.29) is 17.9 Å². The molecular formula is C12H22N2O2. The minimum atomic E-state index is -0.724. The molecule has 0 saturated carbocycles. The summed E-state index contributed by atoms with van der Waals surface area (Å²) in [5, 5.41) is 2.82. The third-order valence-electron chi connectivity index (χ3n) is 3.25. The van der Waals surface area contributed by atoms with Crippen LogP contribution in [-0.4, -0.2) is 34.8 Å². The summed E-state index contributed by atoms with van der Waals surface area (Å²) in [4.78, 5) is 25.8. The van der Waals surface area contributed by atoms with E-state index in [9.17, 15) is 9.59 Å². The Labute approximate surface area is 97.4 Å². The van der Waals surface area contributed by atoms with Gasteiger partial charge in [-0.3, -0.25) is 9.59 Å². The molecule has 4 nitrogen and oxygen atoms in total. The van der Waals surface area contributed by atoms with Gasteiger partial charge in [0.25, 0.3) is 0 Å². The lowest BCUT2D eigenvalue weighted by atomic mass is 9.91. The molecule has 16 heavy (non-hydrogen) atoms. The number of amides is 2. The first-order valence-electron chi connectivity index (χ1n) is 5.95. The van der Waals surface area contributed by atoms with Gasteiger partial charge in [-0.05, 0) is 26.2 Å². The van der Waals surface area contributed by atoms with E-state index >= 15 is 0 Å². The Kier molecular flexibility index (Phi) is 3.61. The number of carbonyl (C=O) groups is 2. The number of nitrogens with one attached hydrogen (secondary N) is 1. The summed E-state index contributed by atoms with van der Waals surface area (Å²) in [6.07, 6.45) is 0.624. The molecule has 1 aliphatic rings. The van der Waals surface area contributed by atoms with Crippen molar-refractivity contribution in [1.29, 1.82) is 0 Å². The van der Waals surface area contributed by atoms with Crippen molar-refractivity contribution in [2.75, 3.05) is 6.54 Å². The zero-order valence-electron chi connectivity index (χ0n) is 10.8. The SMILES string of the molecule is CCC1(C)NC(=O)C(C)N(CC(C)C)C1=O. The fourth-order valence-electron chi connectivity index (χ4n) is 1.94. The monoisotopic (exact) mass is 226 g/mol. The molecule has 2 unspecified atom stereocenters. The molecule has 0 aromatic rings. The Bertz CT molecular complexity index is 301. The van der Waals surface area contributed by atoms with Crippen LogP contribution in [0.4, 0.5) is 0 Å². The number of hydrogen-bond acceptors (Lipinski definition) is 2. The molecule has 0 aromatic heterocycles. The predicted octanol–water partition coefficient (Wildman–Crippen LogP) is 1.16. The molecule has 1 saturated heterocycles. The number of nitrogens with zero attached hydrogens (tertiary/aromatic N) is 1. The van der Waals surface area contributed by atoms with Crippen molar-refractivity contribution >= 4 is 11.8 Å². The molecule has 0 bridgehead atoms. The summed E-state index contributed by atoms with van der Waals surface area (Å²) in [7, 11) is 0. The van der Waals surface area contributed by atoms with Gasteiger partial charge in [0, 0.05) is 6.54 Å². The summed E-state index contributed by atoms with van der Waals surface area (Å²) in [6, 6.07) is -0.352. The predicted molar refractivity (Wildman–Crippen MR) is 62.9 cm³/mol. The number of hydrogen-bond donors (Lipinski definition) is 1. The molecule has 0 aliphatic carbocycles. The normalized spacial score (nSPS) is 30.9. The second-order valence-corrected chi connectivity index (χ2v) is 5.20. The van der Waals surface area contributed by atoms with Crippen molar-refractivity contribution in [3.63, 3.8) is 0 Å². The second-order valence-electron chi connectivity index (χ2n) is 5.20. The quantitative estimate of drug-likeness (QED) is 0.785. The van der Waals surface area contributed by atoms with E-state index in [0.29, 0.717) is 18.9 Å². The highest BCUT2D eigenvalue weighted by molar-refractivity contribution is 5.99. The maximum Gasteiger partial charge on any atom is 0.248 e. The van der Waals surface area contributed by atoms with Crippen LogP contribution in [0.2, 0.25) is 0 Å². The molecule has 1 fully saturated rings. The van der Waals surface area contributed by atoms with Gasteiger partial charge in [0.2, 0.25) is 11.8 Å². The number of rotatable bonds is 3. The Balaban J connectivity index is 2.95. The first kappa shape index (κ1) is 13.0. The van der Waals surface area contributed by atoms with Crippen LogP contribution < -0.4 is 5.32 Å². The highest BCUT2D eigenvalue weighted by atomic mass is 16.2. The Hall–Kier alpha value is -1.06. The topological polar surface area (TPSA) is 49.4 Å². The lowest BCUT2D eigenvalue weighted by molar-refractivity contribution is -0.154. The molecule has 2 amide bonds. The molecule has 0 aromatic carbocycles. The molecule has 92 valence electrons. The Morgan fingerprint density at radius 3 is 2.44 bits per heavy atom. The van der Waals surface area contributed by atoms with E-state index < -0.39 is 5.54 Å². The molecule has 1 heterocycles. The van der Waals surface area contributed by atoms with Crippen LogP contribution in [0.3, 0.4) is 0 Å². The van der Waals surface area contributed by atoms with E-state index in [4.69, 9.17) is 0 Å². The maximum absolute atomic E-state index is 12.3. The fourth-order valence-corrected chi connectivity index (χ4v) is 1.94. The van der Waals surface area contributed by atoms with Crippen LogP contribution in [0.15, 0.2) is 0 Å². The van der Waals surface area contributed by atoms with Gasteiger partial charge >= 0.3 is 0 Å². The average molecular weight is 226 g/mol. The van der Waals surface area contributed by atoms with Crippen molar-refractivity contribution in [3.05, 3.63) is 0 Å². The van der Waals surface area contributed by atoms with Gasteiger partial charge in [0.1, 0.15) is 11.6 Å². The van der Waals surface area contributed by atoms with Gasteiger partial charge in [0.15, 0.2) is 0 Å². The summed E-state index contributed by atoms with van der Waals surface area (Å²) in [6.45, 7) is 10.2. The van der Waals surface area contributed by atoms with E-state index in [2.05, 4.69) is 19.2 Å². The Morgan fingerprint density at radius 2 is 2.00 bits per heavy atom. The van der Waals surface area contributed by atoms with Gasteiger partial charge in [-0.1, -0.05) is 20.8 Å². The van der Waals surface area contributed by atoms with Gasteiger partial charge in [-0.15, -0.1) is 0 Å². The summed E-state index contributed by atoms with van der Waals surface area (Å²) < 4.78 is 0. The maximum atomic E-state index is 12.3. The van der Waals surface area contributed by atoms with Crippen LogP contribution in [0.25, 0.3) is 0 Å². The smallest absolute Gasteiger partial charge is 0.248 e. The van der Waals surface area contributed by atoms with Crippen molar-refractivity contribution in [3.8, 4) is 0 Å². The minimum absolute atomic E-state index is 0.0378. The van der Waals surface area contributed by atoms with Gasteiger partial charge in [0.05, 0.1) is 0 Å². The van der Waals surface area contributed by atoms with E-state index in [1.54, 1.807) is 18.7 Å². The highest BCUT2D eigenvalue weighted by Gasteiger charge is 2.45. The minimum Gasteiger partial charge on any atom is -0.340 e. The van der Waals surface area contributed by atoms with E-state index in [0.717, 1.165) is 0 Å². The number of carbonyl (C=O) groups excluding carboxylic acids is 2. The van der Waals surface area contributed by atoms with Crippen LogP contribution >= 0.6 is 0 Å². The zero-order chi connectivity index (χ0) is 12.5. The Morgan fingerprint density at radius 1 is 1.44 bits per heavy atom. The second kappa shape index (κ2) is 4.44. The van der Waals surface area contributed by atoms with Gasteiger partial charge in [-0.25, -0.2) is 0 Å². The highest BCUT2D eigenvalue weighted by Crippen LogP contribution is 2.22. The van der Waals surface area contributed by atoms with Crippen molar-refractivity contribution in [2.24, 2.45) is 5.92 Å². The third kappa shape index (κ3) is 2.20. The van der Waals surface area contributed by atoms with Gasteiger partial charge in [-0.2, -0.15) is 0 Å². The standard InChI is InChI=1S/C12H22N2O2/c1-6-12(5)11(16)14(7-8(2)3)9(4)10(15)13-12/h8-9H,6-7H2,1-5H3,(H,13,15). The summed E-state index contributed by atoms with van der Waals surface area (Å²) in [5.74, 6) is 0.360.